The Kier molecular flexibility index (Phi) is 6.10. The smallest absolute Gasteiger partial charge is 0.237 e. The normalized spacial score (nSPS) is 20.8. The van der Waals surface area contributed by atoms with Gasteiger partial charge in [-0.25, -0.2) is 0 Å². The van der Waals surface area contributed by atoms with Gasteiger partial charge in [-0.05, 0) is 45.0 Å². The number of aromatic nitrogens is 2. The van der Waals surface area contributed by atoms with Gasteiger partial charge in [-0.2, -0.15) is 5.26 Å². The largest absolute Gasteiger partial charge is 0.367 e. The van der Waals surface area contributed by atoms with Gasteiger partial charge in [0.1, 0.15) is 17.1 Å². The third kappa shape index (κ3) is 4.07. The Balaban J connectivity index is 1.83. The zero-order valence-corrected chi connectivity index (χ0v) is 17.0. The predicted octanol–water partition coefficient (Wildman–Crippen LogP) is 2.17. The molecular formula is C21H28N6O. The van der Waals surface area contributed by atoms with E-state index >= 15 is 0 Å². The molecule has 0 spiro atoms. The molecule has 7 heteroatoms. The zero-order valence-electron chi connectivity index (χ0n) is 17.0. The van der Waals surface area contributed by atoms with Crippen LogP contribution in [0.4, 0.5) is 5.69 Å². The molecule has 1 aromatic carbocycles. The Morgan fingerprint density at radius 3 is 2.75 bits per heavy atom. The summed E-state index contributed by atoms with van der Waals surface area (Å²) >= 11 is 0. The average molecular weight is 380 g/mol. The second kappa shape index (κ2) is 8.53. The molecule has 1 amide bonds. The van der Waals surface area contributed by atoms with Crippen molar-refractivity contribution in [2.24, 2.45) is 5.92 Å². The number of nitrogens with one attached hydrogen (secondary N) is 1. The molecule has 0 aliphatic carbocycles. The Bertz CT molecular complexity index is 892. The van der Waals surface area contributed by atoms with Crippen molar-refractivity contribution in [3.05, 3.63) is 30.1 Å². The molecule has 1 aliphatic rings. The molecule has 2 aromatic rings. The van der Waals surface area contributed by atoms with Crippen LogP contribution >= 0.6 is 0 Å². The minimum Gasteiger partial charge on any atom is -0.367 e. The van der Waals surface area contributed by atoms with E-state index in [1.807, 2.05) is 31.9 Å². The summed E-state index contributed by atoms with van der Waals surface area (Å²) in [5.74, 6) is 0.494. The van der Waals surface area contributed by atoms with E-state index in [-0.39, 0.29) is 18.0 Å². The van der Waals surface area contributed by atoms with Gasteiger partial charge >= 0.3 is 0 Å². The number of carbonyl (C=O) groups excluding carboxylic acids is 1. The maximum atomic E-state index is 12.6. The van der Waals surface area contributed by atoms with E-state index in [2.05, 4.69) is 33.2 Å². The Morgan fingerprint density at radius 2 is 2.07 bits per heavy atom. The summed E-state index contributed by atoms with van der Waals surface area (Å²) in [6.07, 6.45) is 4.22. The number of piperidine rings is 1. The Labute approximate surface area is 166 Å². The van der Waals surface area contributed by atoms with Crippen molar-refractivity contribution >= 4 is 22.6 Å². The van der Waals surface area contributed by atoms with Gasteiger partial charge in [-0.3, -0.25) is 19.7 Å². The molecule has 7 nitrogen and oxygen atoms in total. The van der Waals surface area contributed by atoms with Crippen LogP contribution in [0.2, 0.25) is 0 Å². The maximum Gasteiger partial charge on any atom is 0.237 e. The van der Waals surface area contributed by atoms with Gasteiger partial charge in [0.25, 0.3) is 0 Å². The number of hydrogen-bond donors (Lipinski definition) is 1. The van der Waals surface area contributed by atoms with E-state index in [1.165, 1.54) is 0 Å². The number of benzene rings is 1. The zero-order chi connectivity index (χ0) is 20.3. The van der Waals surface area contributed by atoms with Gasteiger partial charge in [-0.1, -0.05) is 13.8 Å². The first-order valence-electron chi connectivity index (χ1n) is 9.84. The van der Waals surface area contributed by atoms with Gasteiger partial charge in [0, 0.05) is 31.5 Å². The highest BCUT2D eigenvalue weighted by Gasteiger charge is 2.29. The van der Waals surface area contributed by atoms with E-state index in [4.69, 9.17) is 0 Å². The standard InChI is InChI=1S/C21H28N6O/c1-5-26(4)15(3)21(28)25-17-10-14(2)12-27(13-17)18-7-6-16(11-22)19-20(18)24-9-8-23-19/h6-9,14-15,17H,5,10,12-13H2,1-4H3,(H,25,28)/t14-,15+,17+/m0/s1. The van der Waals surface area contributed by atoms with E-state index in [9.17, 15) is 10.1 Å². The Morgan fingerprint density at radius 1 is 1.36 bits per heavy atom. The quantitative estimate of drug-likeness (QED) is 0.856. The van der Waals surface area contributed by atoms with Crippen molar-refractivity contribution in [3.63, 3.8) is 0 Å². The van der Waals surface area contributed by atoms with Crippen LogP contribution in [0.25, 0.3) is 11.0 Å². The maximum absolute atomic E-state index is 12.6. The third-order valence-corrected chi connectivity index (χ3v) is 5.61. The van der Waals surface area contributed by atoms with Crippen molar-refractivity contribution in [2.45, 2.75) is 39.3 Å². The van der Waals surface area contributed by atoms with Crippen LogP contribution in [0.3, 0.4) is 0 Å². The number of carbonyl (C=O) groups is 1. The van der Waals surface area contributed by atoms with E-state index in [0.717, 1.165) is 37.3 Å². The van der Waals surface area contributed by atoms with Gasteiger partial charge in [-0.15, -0.1) is 0 Å². The molecule has 2 heterocycles. The summed E-state index contributed by atoms with van der Waals surface area (Å²) < 4.78 is 0. The van der Waals surface area contributed by atoms with Crippen LogP contribution in [0.15, 0.2) is 24.5 Å². The minimum atomic E-state index is -0.155. The number of anilines is 1. The molecule has 148 valence electrons. The monoisotopic (exact) mass is 380 g/mol. The lowest BCUT2D eigenvalue weighted by molar-refractivity contribution is -0.126. The van der Waals surface area contributed by atoms with Gasteiger partial charge in [0.2, 0.25) is 5.91 Å². The molecule has 1 fully saturated rings. The molecule has 0 radical (unpaired) electrons. The molecule has 1 N–H and O–H groups in total. The van der Waals surface area contributed by atoms with Crippen molar-refractivity contribution in [1.82, 2.24) is 20.2 Å². The summed E-state index contributed by atoms with van der Waals surface area (Å²) in [7, 11) is 1.96. The van der Waals surface area contributed by atoms with Gasteiger partial charge in [0.15, 0.2) is 0 Å². The first-order chi connectivity index (χ1) is 13.4. The van der Waals surface area contributed by atoms with Crippen molar-refractivity contribution < 1.29 is 4.79 Å². The highest BCUT2D eigenvalue weighted by molar-refractivity contribution is 5.92. The van der Waals surface area contributed by atoms with Crippen LogP contribution in [0, 0.1) is 17.2 Å². The molecule has 28 heavy (non-hydrogen) atoms. The number of amides is 1. The topological polar surface area (TPSA) is 85.2 Å². The van der Waals surface area contributed by atoms with Crippen molar-refractivity contribution in [2.75, 3.05) is 31.6 Å². The number of likely N-dealkylation sites (N-methyl/N-ethyl adjacent to an activating group) is 1. The molecule has 3 rings (SSSR count). The second-order valence-electron chi connectivity index (χ2n) is 7.70. The Hall–Kier alpha value is -2.72. The number of nitrogens with zero attached hydrogens (tertiary/aromatic N) is 5. The molecule has 3 atom stereocenters. The fourth-order valence-electron chi connectivity index (χ4n) is 3.84. The summed E-state index contributed by atoms with van der Waals surface area (Å²) in [5.41, 5.74) is 2.85. The predicted molar refractivity (Wildman–Crippen MR) is 110 cm³/mol. The summed E-state index contributed by atoms with van der Waals surface area (Å²) in [6.45, 7) is 8.62. The average Bonchev–Trinajstić information content (AvgIpc) is 2.71. The van der Waals surface area contributed by atoms with Crippen molar-refractivity contribution in [1.29, 1.82) is 5.26 Å². The molecular weight excluding hydrogens is 352 g/mol. The number of nitriles is 1. The van der Waals surface area contributed by atoms with Crippen LogP contribution in [0.5, 0.6) is 0 Å². The van der Waals surface area contributed by atoms with Crippen molar-refractivity contribution in [3.8, 4) is 6.07 Å². The molecule has 0 saturated carbocycles. The summed E-state index contributed by atoms with van der Waals surface area (Å²) in [4.78, 5) is 25.8. The first kappa shape index (κ1) is 20.0. The molecule has 0 bridgehead atoms. The molecule has 0 unspecified atom stereocenters. The van der Waals surface area contributed by atoms with Crippen LogP contribution in [-0.2, 0) is 4.79 Å². The minimum absolute atomic E-state index is 0.0629. The first-order valence-corrected chi connectivity index (χ1v) is 9.84. The fourth-order valence-corrected chi connectivity index (χ4v) is 3.84. The molecule has 1 aliphatic heterocycles. The number of fused-ring (bicyclic) bond motifs is 1. The van der Waals surface area contributed by atoms with E-state index in [0.29, 0.717) is 17.0 Å². The molecule has 1 saturated heterocycles. The highest BCUT2D eigenvalue weighted by Crippen LogP contribution is 2.30. The molecule has 1 aromatic heterocycles. The number of rotatable bonds is 5. The SMILES string of the molecule is CCN(C)[C@H](C)C(=O)N[C@@H]1C[C@H](C)CN(c2ccc(C#N)c3nccnc23)C1. The number of hydrogen-bond acceptors (Lipinski definition) is 6. The van der Waals surface area contributed by atoms with Gasteiger partial charge < -0.3 is 10.2 Å². The van der Waals surface area contributed by atoms with E-state index in [1.54, 1.807) is 18.5 Å². The van der Waals surface area contributed by atoms with E-state index < -0.39 is 0 Å². The lowest BCUT2D eigenvalue weighted by Gasteiger charge is -2.39. The lowest BCUT2D eigenvalue weighted by Crippen LogP contribution is -2.54. The summed E-state index contributed by atoms with van der Waals surface area (Å²) in [5, 5.41) is 12.6. The highest BCUT2D eigenvalue weighted by atomic mass is 16.2. The van der Waals surface area contributed by atoms with Crippen LogP contribution < -0.4 is 10.2 Å². The second-order valence-corrected chi connectivity index (χ2v) is 7.70. The summed E-state index contributed by atoms with van der Waals surface area (Å²) in [6, 6.07) is 5.86. The van der Waals surface area contributed by atoms with Gasteiger partial charge in [0.05, 0.1) is 17.3 Å². The lowest BCUT2D eigenvalue weighted by atomic mass is 9.94. The fraction of sp³-hybridized carbons (Fsp3) is 0.524. The van der Waals surface area contributed by atoms with Crippen LogP contribution in [-0.4, -0.2) is 59.5 Å². The van der Waals surface area contributed by atoms with Crippen LogP contribution in [0.1, 0.15) is 32.8 Å². The third-order valence-electron chi connectivity index (χ3n) is 5.61.